The molecule has 2 amide bonds. The molecule has 1 unspecified atom stereocenters. The summed E-state index contributed by atoms with van der Waals surface area (Å²) >= 11 is 0. The van der Waals surface area contributed by atoms with Crippen LogP contribution in [0.4, 0.5) is 10.6 Å². The Hall–Kier alpha value is -3.47. The molecular formula is C26H37N7O6. The van der Waals surface area contributed by atoms with Crippen LogP contribution in [0.2, 0.25) is 0 Å². The Labute approximate surface area is 227 Å². The minimum Gasteiger partial charge on any atom is -0.449 e. The minimum atomic E-state index is -1.38. The van der Waals surface area contributed by atoms with Crippen molar-refractivity contribution >= 4 is 29.0 Å². The predicted molar refractivity (Wildman–Crippen MR) is 141 cm³/mol. The van der Waals surface area contributed by atoms with Gasteiger partial charge < -0.3 is 35.6 Å². The number of fused-ring (bicyclic) bond motifs is 1. The minimum absolute atomic E-state index is 0.0796. The number of carbonyl (C=O) groups is 2. The van der Waals surface area contributed by atoms with E-state index in [1.807, 2.05) is 13.8 Å². The molecule has 1 saturated heterocycles. The van der Waals surface area contributed by atoms with E-state index in [0.717, 1.165) is 25.7 Å². The first-order valence-corrected chi connectivity index (χ1v) is 13.3. The van der Waals surface area contributed by atoms with Crippen molar-refractivity contribution in [1.82, 2.24) is 29.7 Å². The van der Waals surface area contributed by atoms with E-state index in [1.54, 1.807) is 4.90 Å². The largest absolute Gasteiger partial charge is 0.449 e. The second-order valence-electron chi connectivity index (χ2n) is 10.5. The Balaban J connectivity index is 1.35. The number of nitrogens with one attached hydrogen (secondary N) is 1. The monoisotopic (exact) mass is 543 g/mol. The van der Waals surface area contributed by atoms with Crippen LogP contribution in [0.25, 0.3) is 11.2 Å². The van der Waals surface area contributed by atoms with Crippen LogP contribution >= 0.6 is 0 Å². The fourth-order valence-electron chi connectivity index (χ4n) is 4.17. The molecule has 212 valence electrons. The third-order valence-corrected chi connectivity index (χ3v) is 6.61. The van der Waals surface area contributed by atoms with Crippen molar-refractivity contribution in [3.05, 3.63) is 12.2 Å². The van der Waals surface area contributed by atoms with Gasteiger partial charge >= 0.3 is 6.09 Å². The molecule has 0 bridgehead atoms. The highest BCUT2D eigenvalue weighted by Crippen LogP contribution is 2.22. The number of likely N-dealkylation sites (tertiary alicyclic amines) is 1. The molecule has 13 heteroatoms. The Morgan fingerprint density at radius 2 is 1.97 bits per heavy atom. The standard InChI is InChI=1S/C26H37N7O6/c1-16(2)13-38-26(37)32-10-8-17(9-11-32)4-3-5-20-30-23(27)21-24(31-20)33(14-28-21)15-39-22(19(35)12-34)25(36)29-18-6-7-18/h14,16-19,22,34-35H,4,6-13,15H2,1-2H3,(H,29,36)(H2,27,30,31)/t19?,22-/m0/s1. The molecule has 2 atom stereocenters. The normalized spacial score (nSPS) is 17.5. The Morgan fingerprint density at radius 3 is 2.64 bits per heavy atom. The Morgan fingerprint density at radius 1 is 1.23 bits per heavy atom. The molecule has 13 nitrogen and oxygen atoms in total. The molecule has 1 saturated carbocycles. The lowest BCUT2D eigenvalue weighted by molar-refractivity contribution is -0.147. The lowest BCUT2D eigenvalue weighted by Gasteiger charge is -2.30. The summed E-state index contributed by atoms with van der Waals surface area (Å²) in [5, 5.41) is 22.2. The maximum absolute atomic E-state index is 12.5. The fraction of sp³-hybridized carbons (Fsp3) is 0.654. The van der Waals surface area contributed by atoms with Crippen LogP contribution in [-0.2, 0) is 21.0 Å². The molecule has 39 heavy (non-hydrogen) atoms. The number of hydrogen-bond donors (Lipinski definition) is 4. The maximum Gasteiger partial charge on any atom is 0.409 e. The molecule has 0 radical (unpaired) electrons. The van der Waals surface area contributed by atoms with E-state index < -0.39 is 24.7 Å². The molecule has 2 aromatic heterocycles. The quantitative estimate of drug-likeness (QED) is 0.311. The van der Waals surface area contributed by atoms with Gasteiger partial charge in [0, 0.05) is 25.6 Å². The van der Waals surface area contributed by atoms with E-state index in [9.17, 15) is 19.8 Å². The van der Waals surface area contributed by atoms with E-state index in [0.29, 0.717) is 49.1 Å². The number of nitrogen functional groups attached to an aromatic ring is 1. The lowest BCUT2D eigenvalue weighted by Crippen LogP contribution is -2.46. The maximum atomic E-state index is 12.5. The topological polar surface area (TPSA) is 178 Å². The number of imidazole rings is 1. The zero-order chi connectivity index (χ0) is 27.9. The van der Waals surface area contributed by atoms with Gasteiger partial charge in [-0.1, -0.05) is 19.8 Å². The SMILES string of the molecule is CC(C)COC(=O)N1CCC(CC#Cc2nc(N)c3ncn(CO[C@H](C(=O)NC4CC4)C(O)CO)c3n2)CC1. The number of piperidine rings is 1. The number of hydrogen-bond acceptors (Lipinski definition) is 10. The summed E-state index contributed by atoms with van der Waals surface area (Å²) in [6.07, 6.45) is 2.64. The van der Waals surface area contributed by atoms with Gasteiger partial charge in [0.1, 0.15) is 18.4 Å². The van der Waals surface area contributed by atoms with Crippen LogP contribution in [0.1, 0.15) is 51.8 Å². The van der Waals surface area contributed by atoms with Gasteiger partial charge in [-0.05, 0) is 43.4 Å². The number of carbonyl (C=O) groups excluding carboxylic acids is 2. The molecule has 4 rings (SSSR count). The summed E-state index contributed by atoms with van der Waals surface area (Å²) in [5.74, 6) is 6.67. The number of rotatable bonds is 10. The van der Waals surface area contributed by atoms with E-state index in [1.165, 1.54) is 10.9 Å². The van der Waals surface area contributed by atoms with Gasteiger partial charge in [0.15, 0.2) is 17.6 Å². The lowest BCUT2D eigenvalue weighted by atomic mass is 9.94. The summed E-state index contributed by atoms with van der Waals surface area (Å²) in [5.41, 5.74) is 6.82. The number of anilines is 1. The van der Waals surface area contributed by atoms with Crippen LogP contribution in [0.5, 0.6) is 0 Å². The van der Waals surface area contributed by atoms with Crippen molar-refractivity contribution in [2.45, 2.75) is 70.9 Å². The Bertz CT molecular complexity index is 1210. The average molecular weight is 544 g/mol. The van der Waals surface area contributed by atoms with Crippen LogP contribution < -0.4 is 11.1 Å². The summed E-state index contributed by atoms with van der Waals surface area (Å²) < 4.78 is 12.5. The van der Waals surface area contributed by atoms with Gasteiger partial charge in [0.05, 0.1) is 19.5 Å². The van der Waals surface area contributed by atoms with E-state index in [-0.39, 0.29) is 30.5 Å². The fourth-order valence-corrected chi connectivity index (χ4v) is 4.17. The molecule has 1 aliphatic heterocycles. The van der Waals surface area contributed by atoms with Gasteiger partial charge in [-0.2, -0.15) is 0 Å². The summed E-state index contributed by atoms with van der Waals surface area (Å²) in [6.45, 7) is 4.94. The molecule has 5 N–H and O–H groups in total. The average Bonchev–Trinajstić information content (AvgIpc) is 3.64. The van der Waals surface area contributed by atoms with Gasteiger partial charge in [-0.3, -0.25) is 9.36 Å². The number of aliphatic hydroxyl groups is 2. The molecule has 0 aromatic carbocycles. The van der Waals surface area contributed by atoms with Crippen LogP contribution in [0.3, 0.4) is 0 Å². The van der Waals surface area contributed by atoms with Crippen LogP contribution in [0.15, 0.2) is 6.33 Å². The molecule has 0 spiro atoms. The first-order chi connectivity index (χ1) is 18.7. The van der Waals surface area contributed by atoms with Crippen molar-refractivity contribution < 1.29 is 29.3 Å². The number of nitrogens with zero attached hydrogens (tertiary/aromatic N) is 5. The first kappa shape index (κ1) is 28.5. The smallest absolute Gasteiger partial charge is 0.409 e. The molecule has 1 aliphatic carbocycles. The number of ether oxygens (including phenoxy) is 2. The third kappa shape index (κ3) is 7.78. The van der Waals surface area contributed by atoms with Crippen LogP contribution in [-0.4, -0.2) is 91.2 Å². The highest BCUT2D eigenvalue weighted by Gasteiger charge is 2.32. The second kappa shape index (κ2) is 13.1. The van der Waals surface area contributed by atoms with Crippen molar-refractivity contribution in [2.75, 3.05) is 32.0 Å². The predicted octanol–water partition coefficient (Wildman–Crippen LogP) is 0.629. The first-order valence-electron chi connectivity index (χ1n) is 13.3. The van der Waals surface area contributed by atoms with Crippen molar-refractivity contribution in [1.29, 1.82) is 0 Å². The second-order valence-corrected chi connectivity index (χ2v) is 10.5. The highest BCUT2D eigenvalue weighted by molar-refractivity contribution is 5.82. The zero-order valence-electron chi connectivity index (χ0n) is 22.4. The van der Waals surface area contributed by atoms with Crippen molar-refractivity contribution in [2.24, 2.45) is 11.8 Å². The highest BCUT2D eigenvalue weighted by atomic mass is 16.6. The number of nitrogens with two attached hydrogens (primary N) is 1. The summed E-state index contributed by atoms with van der Waals surface area (Å²) in [7, 11) is 0. The van der Waals surface area contributed by atoms with Crippen LogP contribution in [0, 0.1) is 23.7 Å². The Kier molecular flexibility index (Phi) is 9.55. The number of aliphatic hydroxyl groups excluding tert-OH is 2. The molecule has 2 aromatic rings. The van der Waals surface area contributed by atoms with Gasteiger partial charge in [-0.25, -0.2) is 19.7 Å². The van der Waals surface area contributed by atoms with Gasteiger partial charge in [-0.15, -0.1) is 0 Å². The molecule has 2 aliphatic rings. The van der Waals surface area contributed by atoms with E-state index >= 15 is 0 Å². The van der Waals surface area contributed by atoms with Gasteiger partial charge in [0.2, 0.25) is 5.82 Å². The van der Waals surface area contributed by atoms with Crippen molar-refractivity contribution in [3.8, 4) is 11.8 Å². The van der Waals surface area contributed by atoms with Crippen molar-refractivity contribution in [3.63, 3.8) is 0 Å². The number of amides is 2. The molecular weight excluding hydrogens is 506 g/mol. The summed E-state index contributed by atoms with van der Waals surface area (Å²) in [4.78, 5) is 39.3. The molecule has 3 heterocycles. The third-order valence-electron chi connectivity index (χ3n) is 6.61. The summed E-state index contributed by atoms with van der Waals surface area (Å²) in [6, 6.07) is 0.0796. The zero-order valence-corrected chi connectivity index (χ0v) is 22.4. The molecule has 2 fully saturated rings. The van der Waals surface area contributed by atoms with E-state index in [2.05, 4.69) is 32.1 Å². The number of aromatic nitrogens is 4. The van der Waals surface area contributed by atoms with Gasteiger partial charge in [0.25, 0.3) is 5.91 Å². The van der Waals surface area contributed by atoms with E-state index in [4.69, 9.17) is 15.2 Å².